The molecule has 0 spiro atoms. The molecule has 164 valence electrons. The van der Waals surface area contributed by atoms with E-state index < -0.39 is 11.8 Å². The molecule has 0 unspecified atom stereocenters. The molecule has 0 bridgehead atoms. The summed E-state index contributed by atoms with van der Waals surface area (Å²) in [6.07, 6.45) is 0. The largest absolute Gasteiger partial charge is 0.454 e. The second-order valence-corrected chi connectivity index (χ2v) is 7.67. The molecule has 8 nitrogen and oxygen atoms in total. The topological polar surface area (TPSA) is 89.1 Å². The maximum Gasteiger partial charge on any atom is 0.309 e. The minimum Gasteiger partial charge on any atom is -0.454 e. The van der Waals surface area contributed by atoms with E-state index in [1.807, 2.05) is 30.3 Å². The first-order chi connectivity index (χ1) is 15.1. The van der Waals surface area contributed by atoms with E-state index in [1.165, 1.54) is 0 Å². The number of carbonyl (C=O) groups is 2. The monoisotopic (exact) mass is 445 g/mol. The van der Waals surface area contributed by atoms with Crippen molar-refractivity contribution in [2.24, 2.45) is 0 Å². The smallest absolute Gasteiger partial charge is 0.309 e. The van der Waals surface area contributed by atoms with E-state index in [-0.39, 0.29) is 25.9 Å². The molecule has 9 heteroatoms. The van der Waals surface area contributed by atoms with E-state index in [4.69, 9.17) is 25.8 Å². The van der Waals surface area contributed by atoms with E-state index in [2.05, 4.69) is 15.5 Å². The zero-order valence-corrected chi connectivity index (χ0v) is 17.7. The van der Waals surface area contributed by atoms with E-state index in [0.717, 1.165) is 24.2 Å². The number of hydrogen-bond acceptors (Lipinski definition) is 6. The van der Waals surface area contributed by atoms with Crippen LogP contribution in [-0.2, 0) is 20.9 Å². The summed E-state index contributed by atoms with van der Waals surface area (Å²) in [6.45, 7) is 3.35. The van der Waals surface area contributed by atoms with Crippen molar-refractivity contribution >= 4 is 23.4 Å². The van der Waals surface area contributed by atoms with Gasteiger partial charge in [-0.1, -0.05) is 35.9 Å². The zero-order chi connectivity index (χ0) is 21.6. The third kappa shape index (κ3) is 5.28. The number of nitrogens with zero attached hydrogens (tertiary/aromatic N) is 1. The van der Waals surface area contributed by atoms with Crippen molar-refractivity contribution in [3.8, 4) is 11.5 Å². The van der Waals surface area contributed by atoms with Gasteiger partial charge in [0.25, 0.3) is 0 Å². The summed E-state index contributed by atoms with van der Waals surface area (Å²) in [5.41, 5.74) is 1.72. The van der Waals surface area contributed by atoms with Crippen LogP contribution in [0.4, 0.5) is 0 Å². The Labute approximate surface area is 185 Å². The Morgan fingerprint density at radius 1 is 1.00 bits per heavy atom. The average Bonchev–Trinajstić information content (AvgIpc) is 3.27. The number of amides is 2. The fourth-order valence-electron chi connectivity index (χ4n) is 3.63. The fourth-order valence-corrected chi connectivity index (χ4v) is 3.84. The first kappa shape index (κ1) is 21.4. The maximum absolute atomic E-state index is 12.4. The summed E-state index contributed by atoms with van der Waals surface area (Å²) in [5, 5.41) is 5.91. The van der Waals surface area contributed by atoms with Crippen molar-refractivity contribution in [1.29, 1.82) is 0 Å². The second kappa shape index (κ2) is 10.00. The molecule has 2 N–H and O–H groups in total. The zero-order valence-electron chi connectivity index (χ0n) is 16.9. The lowest BCUT2D eigenvalue weighted by Gasteiger charge is -2.34. The number of carbonyl (C=O) groups excluding carboxylic acids is 2. The Bertz CT molecular complexity index is 948. The van der Waals surface area contributed by atoms with Crippen LogP contribution in [0, 0.1) is 0 Å². The van der Waals surface area contributed by atoms with Gasteiger partial charge < -0.3 is 24.8 Å². The van der Waals surface area contributed by atoms with Crippen molar-refractivity contribution in [2.45, 2.75) is 12.6 Å². The highest BCUT2D eigenvalue weighted by Crippen LogP contribution is 2.35. The van der Waals surface area contributed by atoms with Crippen LogP contribution in [0.15, 0.2) is 42.5 Å². The predicted molar refractivity (Wildman–Crippen MR) is 114 cm³/mol. The molecule has 1 atom stereocenters. The number of benzene rings is 2. The SMILES string of the molecule is O=C(NCc1ccccc1Cl)C(=O)NC[C@@H](c1ccc2c(c1)OCO2)N1CCOCC1. The second-order valence-electron chi connectivity index (χ2n) is 7.26. The molecular weight excluding hydrogens is 422 g/mol. The number of morpholine rings is 1. The number of hydrogen-bond donors (Lipinski definition) is 2. The van der Waals surface area contributed by atoms with Crippen LogP contribution in [0.25, 0.3) is 0 Å². The molecule has 2 aromatic rings. The molecule has 0 aliphatic carbocycles. The van der Waals surface area contributed by atoms with Crippen molar-refractivity contribution in [3.63, 3.8) is 0 Å². The van der Waals surface area contributed by atoms with Crippen molar-refractivity contribution in [1.82, 2.24) is 15.5 Å². The van der Waals surface area contributed by atoms with E-state index in [9.17, 15) is 9.59 Å². The van der Waals surface area contributed by atoms with Crippen LogP contribution < -0.4 is 20.1 Å². The van der Waals surface area contributed by atoms with Crippen LogP contribution in [-0.4, -0.2) is 56.4 Å². The van der Waals surface area contributed by atoms with Crippen LogP contribution in [0.5, 0.6) is 11.5 Å². The van der Waals surface area contributed by atoms with Gasteiger partial charge >= 0.3 is 11.8 Å². The highest BCUT2D eigenvalue weighted by molar-refractivity contribution is 6.35. The van der Waals surface area contributed by atoms with Gasteiger partial charge in [-0.3, -0.25) is 14.5 Å². The summed E-state index contributed by atoms with van der Waals surface area (Å²) in [5.74, 6) is -0.00979. The standard InChI is InChI=1S/C22H24ClN3O5/c23-17-4-2-1-3-16(17)12-24-21(27)22(28)25-13-18(26-7-9-29-10-8-26)15-5-6-19-20(11-15)31-14-30-19/h1-6,11,18H,7-10,12-14H2,(H,24,27)(H,25,28)/t18-/m0/s1. The minimum absolute atomic E-state index is 0.126. The molecule has 2 heterocycles. The van der Waals surface area contributed by atoms with Gasteiger partial charge in [-0.05, 0) is 29.3 Å². The molecule has 0 saturated carbocycles. The van der Waals surface area contributed by atoms with E-state index in [1.54, 1.807) is 12.1 Å². The Hall–Kier alpha value is -2.81. The van der Waals surface area contributed by atoms with Gasteiger partial charge in [0, 0.05) is 31.2 Å². The summed E-state index contributed by atoms with van der Waals surface area (Å²) < 4.78 is 16.3. The van der Waals surface area contributed by atoms with Gasteiger partial charge in [-0.2, -0.15) is 0 Å². The van der Waals surface area contributed by atoms with Crippen LogP contribution in [0.2, 0.25) is 5.02 Å². The number of ether oxygens (including phenoxy) is 3. The molecule has 0 aromatic heterocycles. The van der Waals surface area contributed by atoms with Gasteiger partial charge in [0.2, 0.25) is 6.79 Å². The molecule has 2 amide bonds. The Morgan fingerprint density at radius 3 is 2.55 bits per heavy atom. The van der Waals surface area contributed by atoms with Gasteiger partial charge in [0.1, 0.15) is 0 Å². The Morgan fingerprint density at radius 2 is 1.74 bits per heavy atom. The molecule has 2 aromatic carbocycles. The quantitative estimate of drug-likeness (QED) is 0.660. The van der Waals surface area contributed by atoms with Gasteiger partial charge in [-0.15, -0.1) is 0 Å². The minimum atomic E-state index is -0.702. The molecular formula is C22H24ClN3O5. The lowest BCUT2D eigenvalue weighted by Crippen LogP contribution is -2.46. The van der Waals surface area contributed by atoms with Crippen molar-refractivity contribution < 1.29 is 23.8 Å². The maximum atomic E-state index is 12.4. The predicted octanol–water partition coefficient (Wildman–Crippen LogP) is 1.87. The lowest BCUT2D eigenvalue weighted by atomic mass is 10.0. The Kier molecular flexibility index (Phi) is 6.91. The first-order valence-corrected chi connectivity index (χ1v) is 10.5. The molecule has 1 fully saturated rings. The third-order valence-corrected chi connectivity index (χ3v) is 5.70. The molecule has 4 rings (SSSR count). The summed E-state index contributed by atoms with van der Waals surface area (Å²) >= 11 is 6.10. The molecule has 2 aliphatic heterocycles. The number of rotatable bonds is 6. The van der Waals surface area contributed by atoms with Gasteiger partial charge in [0.15, 0.2) is 11.5 Å². The van der Waals surface area contributed by atoms with E-state index >= 15 is 0 Å². The number of halogens is 1. The van der Waals surface area contributed by atoms with Gasteiger partial charge in [-0.25, -0.2) is 0 Å². The highest BCUT2D eigenvalue weighted by Gasteiger charge is 2.26. The molecule has 2 aliphatic rings. The van der Waals surface area contributed by atoms with E-state index in [0.29, 0.717) is 29.7 Å². The van der Waals surface area contributed by atoms with Crippen molar-refractivity contribution in [3.05, 3.63) is 58.6 Å². The molecule has 1 saturated heterocycles. The average molecular weight is 446 g/mol. The summed E-state index contributed by atoms with van der Waals surface area (Å²) in [7, 11) is 0. The van der Waals surface area contributed by atoms with Crippen molar-refractivity contribution in [2.75, 3.05) is 39.6 Å². The van der Waals surface area contributed by atoms with Crippen LogP contribution >= 0.6 is 11.6 Å². The molecule has 0 radical (unpaired) electrons. The lowest BCUT2D eigenvalue weighted by molar-refractivity contribution is -0.139. The Balaban J connectivity index is 1.39. The van der Waals surface area contributed by atoms with Crippen LogP contribution in [0.1, 0.15) is 17.2 Å². The fraction of sp³-hybridized carbons (Fsp3) is 0.364. The normalized spacial score (nSPS) is 16.5. The molecule has 31 heavy (non-hydrogen) atoms. The first-order valence-electron chi connectivity index (χ1n) is 10.1. The number of nitrogens with one attached hydrogen (secondary N) is 2. The van der Waals surface area contributed by atoms with Crippen LogP contribution in [0.3, 0.4) is 0 Å². The third-order valence-electron chi connectivity index (χ3n) is 5.33. The summed E-state index contributed by atoms with van der Waals surface area (Å²) in [4.78, 5) is 26.9. The summed E-state index contributed by atoms with van der Waals surface area (Å²) in [6, 6.07) is 12.8. The highest BCUT2D eigenvalue weighted by atomic mass is 35.5. The number of fused-ring (bicyclic) bond motifs is 1. The van der Waals surface area contributed by atoms with Gasteiger partial charge in [0.05, 0.1) is 19.3 Å².